The van der Waals surface area contributed by atoms with E-state index >= 15 is 0 Å². The minimum Gasteiger partial charge on any atom is -0.306 e. The number of hydrogen-bond donors (Lipinski definition) is 1. The molecular weight excluding hydrogens is 356 g/mol. The number of thioether (sulfide) groups is 1. The Hall–Kier alpha value is -2.93. The van der Waals surface area contributed by atoms with Gasteiger partial charge in [0.1, 0.15) is 0 Å². The maximum atomic E-state index is 12.3. The zero-order chi connectivity index (χ0) is 18.4. The molecule has 0 bridgehead atoms. The molecule has 0 saturated heterocycles. The first-order valence-electron chi connectivity index (χ1n) is 7.75. The lowest BCUT2D eigenvalue weighted by Crippen LogP contribution is -2.08. The van der Waals surface area contributed by atoms with Gasteiger partial charge in [-0.2, -0.15) is 13.9 Å². The summed E-state index contributed by atoms with van der Waals surface area (Å²) < 4.78 is 26.2. The van der Waals surface area contributed by atoms with Gasteiger partial charge in [0, 0.05) is 23.2 Å². The van der Waals surface area contributed by atoms with Gasteiger partial charge in [-0.3, -0.25) is 4.79 Å². The number of nitrogens with one attached hydrogen (secondary N) is 1. The fourth-order valence-corrected chi connectivity index (χ4v) is 2.71. The van der Waals surface area contributed by atoms with Gasteiger partial charge in [0.05, 0.1) is 5.69 Å². The summed E-state index contributed by atoms with van der Waals surface area (Å²) in [4.78, 5) is 12.5. The van der Waals surface area contributed by atoms with E-state index in [1.54, 1.807) is 47.3 Å². The Morgan fingerprint density at radius 1 is 1.08 bits per heavy atom. The first kappa shape index (κ1) is 17.9. The van der Waals surface area contributed by atoms with Gasteiger partial charge >= 0.3 is 0 Å². The summed E-state index contributed by atoms with van der Waals surface area (Å²) in [5, 5.41) is 6.97. The van der Waals surface area contributed by atoms with E-state index < -0.39 is 5.76 Å². The van der Waals surface area contributed by atoms with Crippen molar-refractivity contribution in [3.05, 3.63) is 78.5 Å². The number of amides is 1. The molecule has 1 heterocycles. The highest BCUT2D eigenvalue weighted by molar-refractivity contribution is 7.99. The molecule has 0 fully saturated rings. The summed E-state index contributed by atoms with van der Waals surface area (Å²) in [6.07, 6.45) is 4.74. The number of nitrogens with zero attached hydrogens (tertiary/aromatic N) is 2. The molecule has 26 heavy (non-hydrogen) atoms. The maximum Gasteiger partial charge on any atom is 0.288 e. The molecule has 0 aliphatic rings. The van der Waals surface area contributed by atoms with Crippen LogP contribution in [0.2, 0.25) is 0 Å². The lowest BCUT2D eigenvalue weighted by Gasteiger charge is -2.01. The number of aromatic nitrogens is 2. The molecule has 7 heteroatoms. The Kier molecular flexibility index (Phi) is 5.80. The highest BCUT2D eigenvalue weighted by Gasteiger charge is 2.05. The van der Waals surface area contributed by atoms with Crippen molar-refractivity contribution in [2.45, 2.75) is 10.7 Å². The van der Waals surface area contributed by atoms with Crippen LogP contribution < -0.4 is 5.32 Å². The summed E-state index contributed by atoms with van der Waals surface area (Å²) in [5.74, 6) is -2.33. The number of anilines is 1. The van der Waals surface area contributed by atoms with Crippen LogP contribution in [0.3, 0.4) is 0 Å². The second-order valence-electron chi connectivity index (χ2n) is 5.25. The second kappa shape index (κ2) is 8.44. The van der Waals surface area contributed by atoms with Crippen LogP contribution in [-0.4, -0.2) is 21.4 Å². The molecule has 0 unspecified atom stereocenters. The van der Waals surface area contributed by atoms with Crippen LogP contribution in [0.25, 0.3) is 11.8 Å². The minimum absolute atomic E-state index is 0.325. The number of benzene rings is 2. The maximum absolute atomic E-state index is 12.3. The van der Waals surface area contributed by atoms with Crippen molar-refractivity contribution in [3.63, 3.8) is 0 Å². The number of carbonyl (C=O) groups excluding carboxylic acids is 1. The molecule has 0 radical (unpaired) electrons. The molecule has 0 aliphatic heterocycles. The highest BCUT2D eigenvalue weighted by Crippen LogP contribution is 2.25. The topological polar surface area (TPSA) is 46.9 Å². The van der Waals surface area contributed by atoms with Crippen LogP contribution in [0.1, 0.15) is 5.56 Å². The highest BCUT2D eigenvalue weighted by atomic mass is 32.2. The SMILES string of the molecule is O=C(/C=C/c1ccc(SC(F)F)cc1)Nc1ccn(-c2ccccc2)n1. The van der Waals surface area contributed by atoms with Gasteiger partial charge in [-0.1, -0.05) is 42.1 Å². The normalized spacial score (nSPS) is 11.2. The first-order valence-corrected chi connectivity index (χ1v) is 8.63. The molecule has 1 N–H and O–H groups in total. The predicted molar refractivity (Wildman–Crippen MR) is 99.5 cm³/mol. The minimum atomic E-state index is -2.45. The van der Waals surface area contributed by atoms with E-state index in [2.05, 4.69) is 10.4 Å². The van der Waals surface area contributed by atoms with Crippen LogP contribution in [0, 0.1) is 0 Å². The van der Waals surface area contributed by atoms with Crippen LogP contribution in [-0.2, 0) is 4.79 Å². The molecular formula is C19H15F2N3OS. The van der Waals surface area contributed by atoms with Crippen molar-refractivity contribution in [2.24, 2.45) is 0 Å². The van der Waals surface area contributed by atoms with Crippen LogP contribution in [0.5, 0.6) is 0 Å². The summed E-state index contributed by atoms with van der Waals surface area (Å²) >= 11 is 0.486. The van der Waals surface area contributed by atoms with E-state index in [1.807, 2.05) is 30.3 Å². The van der Waals surface area contributed by atoms with Crippen LogP contribution >= 0.6 is 11.8 Å². The molecule has 0 spiro atoms. The molecule has 3 aromatic rings. The number of halogens is 2. The number of rotatable bonds is 6. The van der Waals surface area contributed by atoms with Gasteiger partial charge in [0.15, 0.2) is 5.82 Å². The fraction of sp³-hybridized carbons (Fsp3) is 0.0526. The monoisotopic (exact) mass is 371 g/mol. The predicted octanol–water partition coefficient (Wildman–Crippen LogP) is 4.84. The molecule has 132 valence electrons. The first-order chi connectivity index (χ1) is 12.6. The second-order valence-corrected chi connectivity index (χ2v) is 6.31. The van der Waals surface area contributed by atoms with Crippen molar-refractivity contribution in [1.29, 1.82) is 0 Å². The van der Waals surface area contributed by atoms with E-state index in [-0.39, 0.29) is 5.91 Å². The third-order valence-corrected chi connectivity index (χ3v) is 4.12. The van der Waals surface area contributed by atoms with Gasteiger partial charge < -0.3 is 5.32 Å². The van der Waals surface area contributed by atoms with Gasteiger partial charge in [-0.05, 0) is 35.9 Å². The van der Waals surface area contributed by atoms with E-state index in [1.165, 1.54) is 6.08 Å². The molecule has 1 amide bonds. The zero-order valence-electron chi connectivity index (χ0n) is 13.5. The quantitative estimate of drug-likeness (QED) is 0.498. The lowest BCUT2D eigenvalue weighted by molar-refractivity contribution is -0.111. The van der Waals surface area contributed by atoms with Crippen molar-refractivity contribution in [1.82, 2.24) is 9.78 Å². The number of hydrogen-bond acceptors (Lipinski definition) is 3. The fourth-order valence-electron chi connectivity index (χ4n) is 2.22. The average molecular weight is 371 g/mol. The smallest absolute Gasteiger partial charge is 0.288 e. The molecule has 3 rings (SSSR count). The van der Waals surface area contributed by atoms with E-state index in [9.17, 15) is 13.6 Å². The zero-order valence-corrected chi connectivity index (χ0v) is 14.4. The Morgan fingerprint density at radius 3 is 2.50 bits per heavy atom. The number of para-hydroxylation sites is 1. The summed E-state index contributed by atoms with van der Waals surface area (Å²) in [7, 11) is 0. The molecule has 0 saturated carbocycles. The van der Waals surface area contributed by atoms with E-state index in [0.29, 0.717) is 22.5 Å². The van der Waals surface area contributed by atoms with Gasteiger partial charge in [-0.15, -0.1) is 0 Å². The Bertz CT molecular complexity index is 893. The summed E-state index contributed by atoms with van der Waals surface area (Å²) in [6.45, 7) is 0. The Labute approximate surface area is 153 Å². The molecule has 2 aromatic carbocycles. The van der Waals surface area contributed by atoms with Crippen LogP contribution in [0.4, 0.5) is 14.6 Å². The van der Waals surface area contributed by atoms with Crippen molar-refractivity contribution >= 4 is 29.6 Å². The van der Waals surface area contributed by atoms with Crippen LogP contribution in [0.15, 0.2) is 77.8 Å². The van der Waals surface area contributed by atoms with Gasteiger partial charge in [0.25, 0.3) is 5.76 Å². The molecule has 0 aliphatic carbocycles. The van der Waals surface area contributed by atoms with Crippen molar-refractivity contribution in [3.8, 4) is 5.69 Å². The Morgan fingerprint density at radius 2 is 1.81 bits per heavy atom. The summed E-state index contributed by atoms with van der Waals surface area (Å²) in [6, 6.07) is 17.8. The molecule has 4 nitrogen and oxygen atoms in total. The number of alkyl halides is 2. The largest absolute Gasteiger partial charge is 0.306 e. The standard InChI is InChI=1S/C19H15F2N3OS/c20-19(21)26-16-9-6-14(7-10-16)8-11-18(25)22-17-12-13-24(23-17)15-4-2-1-3-5-15/h1-13,19H,(H,22,23,25)/b11-8+. The van der Waals surface area contributed by atoms with E-state index in [0.717, 1.165) is 11.3 Å². The average Bonchev–Trinajstić information content (AvgIpc) is 3.10. The number of carbonyl (C=O) groups is 1. The van der Waals surface area contributed by atoms with E-state index in [4.69, 9.17) is 0 Å². The van der Waals surface area contributed by atoms with Gasteiger partial charge in [-0.25, -0.2) is 4.68 Å². The van der Waals surface area contributed by atoms with Gasteiger partial charge in [0.2, 0.25) is 5.91 Å². The third kappa shape index (κ3) is 5.03. The lowest BCUT2D eigenvalue weighted by atomic mass is 10.2. The molecule has 1 aromatic heterocycles. The van der Waals surface area contributed by atoms with Crippen molar-refractivity contribution < 1.29 is 13.6 Å². The Balaban J connectivity index is 1.59. The third-order valence-electron chi connectivity index (χ3n) is 3.39. The molecule has 0 atom stereocenters. The summed E-state index contributed by atoms with van der Waals surface area (Å²) in [5.41, 5.74) is 1.64. The van der Waals surface area contributed by atoms with Crippen molar-refractivity contribution in [2.75, 3.05) is 5.32 Å².